The first kappa shape index (κ1) is 14.2. The van der Waals surface area contributed by atoms with E-state index in [-0.39, 0.29) is 0 Å². The van der Waals surface area contributed by atoms with Crippen molar-refractivity contribution >= 4 is 11.5 Å². The Morgan fingerprint density at radius 1 is 1.42 bits per heavy atom. The van der Waals surface area contributed by atoms with E-state index < -0.39 is 0 Å². The molecule has 19 heavy (non-hydrogen) atoms. The maximum absolute atomic E-state index is 6.14. The number of aryl methyl sites for hydroxylation is 2. The molecule has 1 aromatic heterocycles. The summed E-state index contributed by atoms with van der Waals surface area (Å²) in [5, 5.41) is 8.05. The molecule has 2 rings (SSSR count). The summed E-state index contributed by atoms with van der Waals surface area (Å²) in [5.41, 5.74) is 8.15. The molecule has 0 atom stereocenters. The molecule has 0 aliphatic heterocycles. The van der Waals surface area contributed by atoms with Crippen molar-refractivity contribution in [2.24, 2.45) is 0 Å². The molecule has 0 radical (unpaired) electrons. The highest BCUT2D eigenvalue weighted by Gasteiger charge is 2.39. The molecule has 5 nitrogen and oxygen atoms in total. The Kier molecular flexibility index (Phi) is 4.04. The van der Waals surface area contributed by atoms with Crippen LogP contribution in [0.2, 0.25) is 0 Å². The summed E-state index contributed by atoms with van der Waals surface area (Å²) in [5.74, 6) is 0.993. The Hall–Kier alpha value is -1.23. The lowest BCUT2D eigenvalue weighted by atomic mass is 9.75. The fourth-order valence-corrected chi connectivity index (χ4v) is 2.77. The third kappa shape index (κ3) is 2.56. The molecular weight excluding hydrogens is 238 g/mol. The standard InChI is InChI=1S/C14H27N5/c1-5-9-19-13(12(15)11(2)17-19)16-10-14(18(3)4)7-6-8-14/h16H,5-10,15H2,1-4H3. The van der Waals surface area contributed by atoms with Gasteiger partial charge in [0, 0.05) is 18.6 Å². The zero-order valence-electron chi connectivity index (χ0n) is 12.7. The molecule has 0 bridgehead atoms. The van der Waals surface area contributed by atoms with E-state index in [0.29, 0.717) is 5.54 Å². The van der Waals surface area contributed by atoms with E-state index in [1.807, 2.05) is 11.6 Å². The minimum Gasteiger partial charge on any atom is -0.394 e. The van der Waals surface area contributed by atoms with Gasteiger partial charge in [-0.1, -0.05) is 6.92 Å². The predicted molar refractivity (Wildman–Crippen MR) is 80.4 cm³/mol. The molecule has 0 amide bonds. The van der Waals surface area contributed by atoms with E-state index in [2.05, 4.69) is 36.3 Å². The highest BCUT2D eigenvalue weighted by molar-refractivity contribution is 5.64. The molecule has 1 heterocycles. The number of nitrogen functional groups attached to an aromatic ring is 1. The van der Waals surface area contributed by atoms with Gasteiger partial charge in [-0.25, -0.2) is 4.68 Å². The van der Waals surface area contributed by atoms with Crippen LogP contribution in [0.3, 0.4) is 0 Å². The molecule has 1 aliphatic carbocycles. The first-order valence-electron chi connectivity index (χ1n) is 7.24. The van der Waals surface area contributed by atoms with Crippen molar-refractivity contribution in [1.82, 2.24) is 14.7 Å². The van der Waals surface area contributed by atoms with Gasteiger partial charge < -0.3 is 16.0 Å². The minimum absolute atomic E-state index is 0.293. The first-order valence-corrected chi connectivity index (χ1v) is 7.24. The van der Waals surface area contributed by atoms with Crippen LogP contribution in [0.1, 0.15) is 38.3 Å². The molecule has 3 N–H and O–H groups in total. The van der Waals surface area contributed by atoms with Crippen LogP contribution in [-0.2, 0) is 6.54 Å². The molecule has 1 aromatic rings. The van der Waals surface area contributed by atoms with Crippen molar-refractivity contribution in [3.63, 3.8) is 0 Å². The van der Waals surface area contributed by atoms with Crippen molar-refractivity contribution in [3.05, 3.63) is 5.69 Å². The van der Waals surface area contributed by atoms with Crippen LogP contribution in [-0.4, -0.2) is 40.9 Å². The van der Waals surface area contributed by atoms with Crippen molar-refractivity contribution in [2.75, 3.05) is 31.7 Å². The Labute approximate surface area is 116 Å². The molecular formula is C14H27N5. The lowest BCUT2D eigenvalue weighted by molar-refractivity contribution is 0.0737. The molecule has 0 aromatic carbocycles. The number of nitrogens with zero attached hydrogens (tertiary/aromatic N) is 3. The van der Waals surface area contributed by atoms with Gasteiger partial charge in [0.15, 0.2) is 0 Å². The number of hydrogen-bond acceptors (Lipinski definition) is 4. The van der Waals surface area contributed by atoms with Gasteiger partial charge in [-0.3, -0.25) is 0 Å². The Morgan fingerprint density at radius 2 is 2.11 bits per heavy atom. The summed E-state index contributed by atoms with van der Waals surface area (Å²) in [7, 11) is 4.33. The Balaban J connectivity index is 2.10. The Bertz CT molecular complexity index is 431. The zero-order chi connectivity index (χ0) is 14.0. The number of rotatable bonds is 6. The maximum Gasteiger partial charge on any atom is 0.148 e. The van der Waals surface area contributed by atoms with Crippen LogP contribution >= 0.6 is 0 Å². The number of likely N-dealkylation sites (N-methyl/N-ethyl adjacent to an activating group) is 1. The van der Waals surface area contributed by atoms with Gasteiger partial charge in [-0.15, -0.1) is 0 Å². The predicted octanol–water partition coefficient (Wildman–Crippen LogP) is 2.08. The quantitative estimate of drug-likeness (QED) is 0.827. The topological polar surface area (TPSA) is 59.1 Å². The van der Waals surface area contributed by atoms with Gasteiger partial charge in [0.25, 0.3) is 0 Å². The van der Waals surface area contributed by atoms with Crippen molar-refractivity contribution in [3.8, 4) is 0 Å². The summed E-state index contributed by atoms with van der Waals surface area (Å²) in [6.45, 7) is 5.98. The van der Waals surface area contributed by atoms with Crippen molar-refractivity contribution < 1.29 is 0 Å². The molecule has 1 saturated carbocycles. The maximum atomic E-state index is 6.14. The molecule has 0 unspecified atom stereocenters. The second kappa shape index (κ2) is 5.41. The normalized spacial score (nSPS) is 17.5. The number of nitrogens with two attached hydrogens (primary N) is 1. The summed E-state index contributed by atoms with van der Waals surface area (Å²) in [4.78, 5) is 2.34. The summed E-state index contributed by atoms with van der Waals surface area (Å²) >= 11 is 0. The van der Waals surface area contributed by atoms with Crippen molar-refractivity contribution in [1.29, 1.82) is 0 Å². The van der Waals surface area contributed by atoms with Crippen LogP contribution in [0, 0.1) is 6.92 Å². The molecule has 5 heteroatoms. The molecule has 108 valence electrons. The third-order valence-electron chi connectivity index (χ3n) is 4.43. The van der Waals surface area contributed by atoms with Gasteiger partial charge >= 0.3 is 0 Å². The van der Waals surface area contributed by atoms with Crippen LogP contribution in [0.4, 0.5) is 11.5 Å². The van der Waals surface area contributed by atoms with Gasteiger partial charge in [-0.2, -0.15) is 5.10 Å². The number of aromatic nitrogens is 2. The fraction of sp³-hybridized carbons (Fsp3) is 0.786. The lowest BCUT2D eigenvalue weighted by Gasteiger charge is -2.47. The SMILES string of the molecule is CCCn1nc(C)c(N)c1NCC1(N(C)C)CCC1. The second-order valence-electron chi connectivity index (χ2n) is 5.90. The molecule has 0 saturated heterocycles. The Morgan fingerprint density at radius 3 is 2.58 bits per heavy atom. The van der Waals surface area contributed by atoms with E-state index in [1.165, 1.54) is 19.3 Å². The third-order valence-corrected chi connectivity index (χ3v) is 4.43. The summed E-state index contributed by atoms with van der Waals surface area (Å²) in [6, 6.07) is 0. The lowest BCUT2D eigenvalue weighted by Crippen LogP contribution is -2.54. The molecule has 1 aliphatic rings. The zero-order valence-corrected chi connectivity index (χ0v) is 12.7. The average molecular weight is 265 g/mol. The van der Waals surface area contributed by atoms with E-state index in [0.717, 1.165) is 36.7 Å². The largest absolute Gasteiger partial charge is 0.394 e. The highest BCUT2D eigenvalue weighted by atomic mass is 15.3. The van der Waals surface area contributed by atoms with Gasteiger partial charge in [0.2, 0.25) is 0 Å². The van der Waals surface area contributed by atoms with E-state index >= 15 is 0 Å². The minimum atomic E-state index is 0.293. The number of nitrogens with one attached hydrogen (secondary N) is 1. The highest BCUT2D eigenvalue weighted by Crippen LogP contribution is 2.36. The van der Waals surface area contributed by atoms with Crippen LogP contribution < -0.4 is 11.1 Å². The van der Waals surface area contributed by atoms with Crippen LogP contribution in [0.15, 0.2) is 0 Å². The van der Waals surface area contributed by atoms with E-state index in [1.54, 1.807) is 0 Å². The smallest absolute Gasteiger partial charge is 0.148 e. The summed E-state index contributed by atoms with van der Waals surface area (Å²) < 4.78 is 2.01. The molecule has 1 fully saturated rings. The summed E-state index contributed by atoms with van der Waals surface area (Å²) in [6.07, 6.45) is 4.90. The monoisotopic (exact) mass is 265 g/mol. The van der Waals surface area contributed by atoms with Gasteiger partial charge in [-0.05, 0) is 46.7 Å². The van der Waals surface area contributed by atoms with E-state index in [4.69, 9.17) is 5.73 Å². The number of hydrogen-bond donors (Lipinski definition) is 2. The van der Waals surface area contributed by atoms with Crippen LogP contribution in [0.5, 0.6) is 0 Å². The van der Waals surface area contributed by atoms with Gasteiger partial charge in [0.1, 0.15) is 5.82 Å². The first-order chi connectivity index (χ1) is 9.00. The van der Waals surface area contributed by atoms with Crippen LogP contribution in [0.25, 0.3) is 0 Å². The average Bonchev–Trinajstić information content (AvgIpc) is 2.55. The van der Waals surface area contributed by atoms with E-state index in [9.17, 15) is 0 Å². The second-order valence-corrected chi connectivity index (χ2v) is 5.90. The molecule has 0 spiro atoms. The number of anilines is 2. The fourth-order valence-electron chi connectivity index (χ4n) is 2.77. The van der Waals surface area contributed by atoms with Gasteiger partial charge in [0.05, 0.1) is 11.4 Å². The van der Waals surface area contributed by atoms with Crippen molar-refractivity contribution in [2.45, 2.75) is 51.6 Å².